The fourth-order valence-corrected chi connectivity index (χ4v) is 2.56. The lowest BCUT2D eigenvalue weighted by Gasteiger charge is -2.05. The van der Waals surface area contributed by atoms with Crippen LogP contribution in [0.15, 0.2) is 36.4 Å². The fraction of sp³-hybridized carbons (Fsp3) is 0. The van der Waals surface area contributed by atoms with Crippen molar-refractivity contribution in [2.75, 3.05) is 0 Å². The molecule has 2 aromatic carbocycles. The molecule has 0 aliphatic carbocycles. The number of carboxylic acids is 1. The van der Waals surface area contributed by atoms with Crippen LogP contribution in [0.25, 0.3) is 23.1 Å². The zero-order valence-electron chi connectivity index (χ0n) is 12.6. The molecule has 7 heteroatoms. The van der Waals surface area contributed by atoms with Gasteiger partial charge in [0, 0.05) is 5.39 Å². The third kappa shape index (κ3) is 3.20. The van der Waals surface area contributed by atoms with E-state index in [1.165, 1.54) is 18.2 Å². The van der Waals surface area contributed by atoms with E-state index >= 15 is 0 Å². The van der Waals surface area contributed by atoms with Crippen LogP contribution in [-0.4, -0.2) is 31.4 Å². The predicted molar refractivity (Wildman–Crippen MR) is 94.1 cm³/mol. The number of carboxylic acid groups (broad SMARTS) is 1. The molecule has 0 atom stereocenters. The summed E-state index contributed by atoms with van der Waals surface area (Å²) in [6.07, 6.45) is 3.21. The van der Waals surface area contributed by atoms with Gasteiger partial charge in [-0.2, -0.15) is 0 Å². The largest absolute Gasteiger partial charge is 0.505 e. The Bertz CT molecular complexity index is 1010. The zero-order chi connectivity index (χ0) is 18.1. The Morgan fingerprint density at radius 3 is 2.40 bits per heavy atom. The van der Waals surface area contributed by atoms with Gasteiger partial charge < -0.3 is 20.4 Å². The Labute approximate surface area is 146 Å². The van der Waals surface area contributed by atoms with E-state index in [0.717, 1.165) is 0 Å². The number of fused-ring (bicyclic) bond motifs is 1. The summed E-state index contributed by atoms with van der Waals surface area (Å²) in [6, 6.07) is 9.08. The number of hydrogen-bond acceptors (Lipinski definition) is 5. The van der Waals surface area contributed by atoms with Crippen LogP contribution in [0.2, 0.25) is 5.02 Å². The van der Waals surface area contributed by atoms with Gasteiger partial charge in [0.15, 0.2) is 17.2 Å². The lowest BCUT2D eigenvalue weighted by Crippen LogP contribution is -1.97. The molecular weight excluding hydrogens is 346 g/mol. The van der Waals surface area contributed by atoms with Crippen molar-refractivity contribution in [1.29, 1.82) is 0 Å². The highest BCUT2D eigenvalue weighted by Crippen LogP contribution is 2.34. The van der Waals surface area contributed by atoms with E-state index in [-0.39, 0.29) is 21.9 Å². The molecule has 3 rings (SSSR count). The molecule has 0 saturated carbocycles. The second-order valence-electron chi connectivity index (χ2n) is 5.28. The summed E-state index contributed by atoms with van der Waals surface area (Å²) in [6.45, 7) is 0. The molecule has 0 radical (unpaired) electrons. The lowest BCUT2D eigenvalue weighted by molar-refractivity contribution is 0.0694. The molecule has 25 heavy (non-hydrogen) atoms. The predicted octanol–water partition coefficient (Wildman–Crippen LogP) is 3.87. The normalized spacial score (nSPS) is 11.2. The average Bonchev–Trinajstić information content (AvgIpc) is 2.58. The highest BCUT2D eigenvalue weighted by molar-refractivity contribution is 6.32. The second kappa shape index (κ2) is 6.33. The van der Waals surface area contributed by atoms with Gasteiger partial charge >= 0.3 is 5.97 Å². The highest BCUT2D eigenvalue weighted by atomic mass is 35.5. The summed E-state index contributed by atoms with van der Waals surface area (Å²) in [5.41, 5.74) is 0.949. The number of phenols is 3. The molecule has 0 fully saturated rings. The minimum absolute atomic E-state index is 0.00913. The van der Waals surface area contributed by atoms with Crippen molar-refractivity contribution >= 4 is 40.6 Å². The van der Waals surface area contributed by atoms with Gasteiger partial charge in [-0.3, -0.25) is 0 Å². The molecule has 126 valence electrons. The van der Waals surface area contributed by atoms with E-state index in [2.05, 4.69) is 4.98 Å². The van der Waals surface area contributed by atoms with Crippen LogP contribution < -0.4 is 0 Å². The summed E-state index contributed by atoms with van der Waals surface area (Å²) < 4.78 is 0. The number of aromatic carboxylic acids is 1. The Kier molecular flexibility index (Phi) is 4.21. The van der Waals surface area contributed by atoms with E-state index in [1.807, 2.05) is 0 Å². The van der Waals surface area contributed by atoms with Gasteiger partial charge in [0.25, 0.3) is 0 Å². The molecule has 0 spiro atoms. The van der Waals surface area contributed by atoms with E-state index in [4.69, 9.17) is 16.7 Å². The van der Waals surface area contributed by atoms with Crippen molar-refractivity contribution in [3.8, 4) is 17.2 Å². The maximum atomic E-state index is 11.1. The number of phenolic OH excluding ortho intramolecular Hbond substituents is 2. The van der Waals surface area contributed by atoms with Gasteiger partial charge in [-0.1, -0.05) is 29.8 Å². The number of aromatic hydroxyl groups is 3. The monoisotopic (exact) mass is 357 g/mol. The molecule has 3 aromatic rings. The molecule has 0 bridgehead atoms. The summed E-state index contributed by atoms with van der Waals surface area (Å²) in [7, 11) is 0. The maximum Gasteiger partial charge on any atom is 0.339 e. The number of nitrogens with zero attached hydrogens (tertiary/aromatic N) is 1. The van der Waals surface area contributed by atoms with Crippen molar-refractivity contribution in [1.82, 2.24) is 4.98 Å². The smallest absolute Gasteiger partial charge is 0.339 e. The topological polar surface area (TPSA) is 111 Å². The molecule has 0 amide bonds. The minimum Gasteiger partial charge on any atom is -0.505 e. The van der Waals surface area contributed by atoms with Crippen LogP contribution in [0, 0.1) is 0 Å². The summed E-state index contributed by atoms with van der Waals surface area (Å²) in [5.74, 6) is -2.38. The first-order chi connectivity index (χ1) is 11.9. The van der Waals surface area contributed by atoms with Crippen molar-refractivity contribution in [3.63, 3.8) is 0 Å². The summed E-state index contributed by atoms with van der Waals surface area (Å²) >= 11 is 5.80. The maximum absolute atomic E-state index is 11.1. The Morgan fingerprint density at radius 1 is 1.00 bits per heavy atom. The number of aromatic nitrogens is 1. The van der Waals surface area contributed by atoms with E-state index < -0.39 is 17.5 Å². The number of halogens is 1. The van der Waals surface area contributed by atoms with Crippen LogP contribution in [0.5, 0.6) is 17.2 Å². The van der Waals surface area contributed by atoms with Crippen molar-refractivity contribution in [2.24, 2.45) is 0 Å². The molecule has 0 aliphatic rings. The average molecular weight is 358 g/mol. The van der Waals surface area contributed by atoms with Crippen LogP contribution in [0.4, 0.5) is 0 Å². The van der Waals surface area contributed by atoms with Gasteiger partial charge in [0.1, 0.15) is 11.1 Å². The molecule has 0 unspecified atom stereocenters. The van der Waals surface area contributed by atoms with Gasteiger partial charge in [-0.25, -0.2) is 9.78 Å². The van der Waals surface area contributed by atoms with Gasteiger partial charge in [-0.15, -0.1) is 0 Å². The standard InChI is InChI=1S/C18H12ClNO5/c19-13-7-9(8-14(21)17(13)23)1-4-11-5-2-10-3-6-12(18(24)25)16(22)15(10)20-11/h1-8,21-23H,(H,24,25). The lowest BCUT2D eigenvalue weighted by atomic mass is 10.1. The van der Waals surface area contributed by atoms with E-state index in [0.29, 0.717) is 16.6 Å². The van der Waals surface area contributed by atoms with Gasteiger partial charge in [0.2, 0.25) is 0 Å². The van der Waals surface area contributed by atoms with Gasteiger partial charge in [0.05, 0.1) is 10.7 Å². The Hall–Kier alpha value is -3.25. The Balaban J connectivity index is 2.02. The third-order valence-corrected chi connectivity index (χ3v) is 3.89. The summed E-state index contributed by atoms with van der Waals surface area (Å²) in [4.78, 5) is 15.3. The van der Waals surface area contributed by atoms with Crippen LogP contribution >= 0.6 is 11.6 Å². The second-order valence-corrected chi connectivity index (χ2v) is 5.69. The molecule has 0 saturated heterocycles. The fourth-order valence-electron chi connectivity index (χ4n) is 2.34. The number of pyridine rings is 1. The van der Waals surface area contributed by atoms with Gasteiger partial charge in [-0.05, 0) is 35.9 Å². The van der Waals surface area contributed by atoms with Crippen molar-refractivity contribution < 1.29 is 25.2 Å². The first-order valence-corrected chi connectivity index (χ1v) is 7.50. The van der Waals surface area contributed by atoms with E-state index in [9.17, 15) is 20.1 Å². The molecule has 1 aromatic heterocycles. The molecular formula is C18H12ClNO5. The first kappa shape index (κ1) is 16.6. The summed E-state index contributed by atoms with van der Waals surface area (Å²) in [5, 5.41) is 38.8. The third-order valence-electron chi connectivity index (χ3n) is 3.60. The molecule has 6 nitrogen and oxygen atoms in total. The minimum atomic E-state index is -1.24. The molecule has 4 N–H and O–H groups in total. The van der Waals surface area contributed by atoms with Crippen LogP contribution in [0.1, 0.15) is 21.6 Å². The zero-order valence-corrected chi connectivity index (χ0v) is 13.4. The number of benzene rings is 2. The van der Waals surface area contributed by atoms with Crippen LogP contribution in [0.3, 0.4) is 0 Å². The van der Waals surface area contributed by atoms with E-state index in [1.54, 1.807) is 30.4 Å². The molecule has 1 heterocycles. The Morgan fingerprint density at radius 2 is 1.72 bits per heavy atom. The van der Waals surface area contributed by atoms with Crippen molar-refractivity contribution in [3.05, 3.63) is 58.2 Å². The van der Waals surface area contributed by atoms with Crippen molar-refractivity contribution in [2.45, 2.75) is 0 Å². The quantitative estimate of drug-likeness (QED) is 0.529. The number of rotatable bonds is 3. The SMILES string of the molecule is O=C(O)c1ccc2ccc(C=Cc3cc(O)c(O)c(Cl)c3)nc2c1O. The van der Waals surface area contributed by atoms with Crippen LogP contribution in [-0.2, 0) is 0 Å². The number of carbonyl (C=O) groups is 1. The highest BCUT2D eigenvalue weighted by Gasteiger charge is 2.13. The molecule has 0 aliphatic heterocycles. The first-order valence-electron chi connectivity index (χ1n) is 7.12. The number of hydrogen-bond donors (Lipinski definition) is 4.